The number of hydrogen-bond donors (Lipinski definition) is 1. The number of rotatable bonds is 8. The lowest BCUT2D eigenvalue weighted by molar-refractivity contribution is -0.122. The molecule has 2 aromatic carbocycles. The standard InChI is InChI=1S/C23H28N2O5/c1-5-28-17-13-16(14-18(15-17)29-6-2)21(26)30-12-11-25-20-10-8-7-9-19(20)24-23(3,4)22(25)27/h7-10,13-15,24H,5-6,11-12H2,1-4H3. The third-order valence-corrected chi connectivity index (χ3v) is 4.71. The quantitative estimate of drug-likeness (QED) is 0.663. The molecule has 30 heavy (non-hydrogen) atoms. The van der Waals surface area contributed by atoms with E-state index in [4.69, 9.17) is 14.2 Å². The Labute approximate surface area is 176 Å². The minimum absolute atomic E-state index is 0.0673. The first kappa shape index (κ1) is 21.5. The van der Waals surface area contributed by atoms with Gasteiger partial charge in [-0.15, -0.1) is 0 Å². The van der Waals surface area contributed by atoms with Crippen molar-refractivity contribution in [1.29, 1.82) is 0 Å². The van der Waals surface area contributed by atoms with Gasteiger partial charge in [0.25, 0.3) is 5.91 Å². The normalized spacial score (nSPS) is 14.5. The van der Waals surface area contributed by atoms with Crippen molar-refractivity contribution in [2.45, 2.75) is 33.2 Å². The molecule has 7 nitrogen and oxygen atoms in total. The second-order valence-corrected chi connectivity index (χ2v) is 7.42. The molecule has 0 fully saturated rings. The first-order valence-corrected chi connectivity index (χ1v) is 10.1. The van der Waals surface area contributed by atoms with Gasteiger partial charge < -0.3 is 24.4 Å². The predicted octanol–water partition coefficient (Wildman–Crippen LogP) is 3.88. The van der Waals surface area contributed by atoms with Crippen molar-refractivity contribution in [2.24, 2.45) is 0 Å². The van der Waals surface area contributed by atoms with Gasteiger partial charge in [-0.2, -0.15) is 0 Å². The number of carbonyl (C=O) groups is 2. The Morgan fingerprint density at radius 2 is 1.67 bits per heavy atom. The maximum absolute atomic E-state index is 12.9. The first-order valence-electron chi connectivity index (χ1n) is 10.1. The van der Waals surface area contributed by atoms with Crippen LogP contribution in [0.5, 0.6) is 11.5 Å². The van der Waals surface area contributed by atoms with Gasteiger partial charge in [-0.1, -0.05) is 12.1 Å². The lowest BCUT2D eigenvalue weighted by Crippen LogP contribution is -2.54. The predicted molar refractivity (Wildman–Crippen MR) is 116 cm³/mol. The van der Waals surface area contributed by atoms with Crippen LogP contribution in [0.1, 0.15) is 38.1 Å². The highest BCUT2D eigenvalue weighted by Crippen LogP contribution is 2.34. The van der Waals surface area contributed by atoms with E-state index in [0.717, 1.165) is 11.4 Å². The molecule has 7 heteroatoms. The molecule has 0 saturated carbocycles. The Bertz CT molecular complexity index is 901. The number of hydrogen-bond acceptors (Lipinski definition) is 6. The highest BCUT2D eigenvalue weighted by Gasteiger charge is 2.38. The molecule has 0 atom stereocenters. The summed E-state index contributed by atoms with van der Waals surface area (Å²) < 4.78 is 16.5. The Balaban J connectivity index is 1.70. The molecule has 0 spiro atoms. The molecule has 0 radical (unpaired) electrons. The van der Waals surface area contributed by atoms with E-state index >= 15 is 0 Å². The lowest BCUT2D eigenvalue weighted by Gasteiger charge is -2.39. The summed E-state index contributed by atoms with van der Waals surface area (Å²) in [6, 6.07) is 12.6. The number of amides is 1. The van der Waals surface area contributed by atoms with E-state index in [9.17, 15) is 9.59 Å². The Kier molecular flexibility index (Phi) is 6.50. The van der Waals surface area contributed by atoms with Crippen molar-refractivity contribution in [1.82, 2.24) is 0 Å². The number of fused-ring (bicyclic) bond motifs is 1. The van der Waals surface area contributed by atoms with E-state index in [0.29, 0.717) is 30.3 Å². The van der Waals surface area contributed by atoms with Crippen LogP contribution in [0.25, 0.3) is 0 Å². The molecule has 160 valence electrons. The van der Waals surface area contributed by atoms with Crippen molar-refractivity contribution < 1.29 is 23.8 Å². The number of esters is 1. The van der Waals surface area contributed by atoms with Gasteiger partial charge in [-0.3, -0.25) is 4.79 Å². The summed E-state index contributed by atoms with van der Waals surface area (Å²) in [6.07, 6.45) is 0. The van der Waals surface area contributed by atoms with Crippen LogP contribution in [0.2, 0.25) is 0 Å². The van der Waals surface area contributed by atoms with Crippen LogP contribution < -0.4 is 19.7 Å². The van der Waals surface area contributed by atoms with Crippen LogP contribution in [0.3, 0.4) is 0 Å². The highest BCUT2D eigenvalue weighted by molar-refractivity contribution is 6.07. The number of benzene rings is 2. The van der Waals surface area contributed by atoms with Crippen molar-refractivity contribution >= 4 is 23.3 Å². The molecule has 1 aliphatic heterocycles. The smallest absolute Gasteiger partial charge is 0.338 e. The van der Waals surface area contributed by atoms with E-state index in [-0.39, 0.29) is 19.1 Å². The van der Waals surface area contributed by atoms with E-state index in [1.807, 2.05) is 52.0 Å². The number of carbonyl (C=O) groups excluding carboxylic acids is 2. The van der Waals surface area contributed by atoms with Gasteiger partial charge in [0.05, 0.1) is 36.7 Å². The summed E-state index contributed by atoms with van der Waals surface area (Å²) in [5.74, 6) is 0.522. The molecular formula is C23H28N2O5. The zero-order valence-electron chi connectivity index (χ0n) is 17.9. The largest absolute Gasteiger partial charge is 0.494 e. The fourth-order valence-electron chi connectivity index (χ4n) is 3.38. The minimum Gasteiger partial charge on any atom is -0.494 e. The zero-order chi connectivity index (χ0) is 21.7. The zero-order valence-corrected chi connectivity index (χ0v) is 17.9. The molecule has 1 amide bonds. The highest BCUT2D eigenvalue weighted by atomic mass is 16.5. The fraction of sp³-hybridized carbons (Fsp3) is 0.391. The minimum atomic E-state index is -0.740. The van der Waals surface area contributed by atoms with Gasteiger partial charge in [0, 0.05) is 6.07 Å². The number of anilines is 2. The molecule has 1 N–H and O–H groups in total. The molecule has 1 aliphatic rings. The summed E-state index contributed by atoms with van der Waals surface area (Å²) in [7, 11) is 0. The summed E-state index contributed by atoms with van der Waals surface area (Å²) in [4.78, 5) is 27.1. The van der Waals surface area contributed by atoms with Gasteiger partial charge in [-0.25, -0.2) is 4.79 Å². The van der Waals surface area contributed by atoms with E-state index in [1.54, 1.807) is 23.1 Å². The summed E-state index contributed by atoms with van der Waals surface area (Å²) in [5, 5.41) is 3.25. The van der Waals surface area contributed by atoms with Crippen molar-refractivity contribution in [2.75, 3.05) is 36.6 Å². The summed E-state index contributed by atoms with van der Waals surface area (Å²) >= 11 is 0. The SMILES string of the molecule is CCOc1cc(OCC)cc(C(=O)OCCN2C(=O)C(C)(C)Nc3ccccc32)c1. The van der Waals surface area contributed by atoms with Crippen LogP contribution in [-0.4, -0.2) is 43.8 Å². The van der Waals surface area contributed by atoms with Gasteiger partial charge in [0.2, 0.25) is 0 Å². The molecule has 0 aromatic heterocycles. The molecule has 0 aliphatic carbocycles. The topological polar surface area (TPSA) is 77.1 Å². The first-order chi connectivity index (χ1) is 14.4. The number of nitrogens with one attached hydrogen (secondary N) is 1. The third-order valence-electron chi connectivity index (χ3n) is 4.71. The number of ether oxygens (including phenoxy) is 3. The van der Waals surface area contributed by atoms with E-state index in [1.165, 1.54) is 0 Å². The van der Waals surface area contributed by atoms with Crippen molar-refractivity contribution in [3.8, 4) is 11.5 Å². The second-order valence-electron chi connectivity index (χ2n) is 7.42. The molecule has 3 rings (SSSR count). The van der Waals surface area contributed by atoms with Crippen LogP contribution in [-0.2, 0) is 9.53 Å². The van der Waals surface area contributed by atoms with Crippen molar-refractivity contribution in [3.63, 3.8) is 0 Å². The molecular weight excluding hydrogens is 384 g/mol. The monoisotopic (exact) mass is 412 g/mol. The van der Waals surface area contributed by atoms with E-state index < -0.39 is 11.5 Å². The van der Waals surface area contributed by atoms with Gasteiger partial charge in [0.15, 0.2) is 0 Å². The molecule has 0 saturated heterocycles. The number of para-hydroxylation sites is 2. The second kappa shape index (κ2) is 9.07. The Morgan fingerprint density at radius 3 is 2.30 bits per heavy atom. The molecule has 1 heterocycles. The van der Waals surface area contributed by atoms with Crippen LogP contribution in [0.4, 0.5) is 11.4 Å². The molecule has 0 bridgehead atoms. The van der Waals surface area contributed by atoms with Crippen LogP contribution in [0.15, 0.2) is 42.5 Å². The Morgan fingerprint density at radius 1 is 1.03 bits per heavy atom. The number of nitrogens with zero attached hydrogens (tertiary/aromatic N) is 1. The maximum atomic E-state index is 12.9. The van der Waals surface area contributed by atoms with E-state index in [2.05, 4.69) is 5.32 Å². The van der Waals surface area contributed by atoms with Gasteiger partial charge >= 0.3 is 5.97 Å². The molecule has 0 unspecified atom stereocenters. The summed E-state index contributed by atoms with van der Waals surface area (Å²) in [6.45, 7) is 8.69. The van der Waals surface area contributed by atoms with Gasteiger partial charge in [-0.05, 0) is 52.0 Å². The maximum Gasteiger partial charge on any atom is 0.338 e. The fourth-order valence-corrected chi connectivity index (χ4v) is 3.38. The van der Waals surface area contributed by atoms with Crippen molar-refractivity contribution in [3.05, 3.63) is 48.0 Å². The average molecular weight is 412 g/mol. The molecule has 2 aromatic rings. The Hall–Kier alpha value is -3.22. The lowest BCUT2D eigenvalue weighted by atomic mass is 9.98. The average Bonchev–Trinajstić information content (AvgIpc) is 2.71. The van der Waals surface area contributed by atoms with Crippen LogP contribution >= 0.6 is 0 Å². The van der Waals surface area contributed by atoms with Crippen LogP contribution in [0, 0.1) is 0 Å². The summed E-state index contributed by atoms with van der Waals surface area (Å²) in [5.41, 5.74) is 1.25. The third kappa shape index (κ3) is 4.67. The van der Waals surface area contributed by atoms with Gasteiger partial charge in [0.1, 0.15) is 23.6 Å².